The third kappa shape index (κ3) is 3.17. The van der Waals surface area contributed by atoms with Crippen molar-refractivity contribution in [2.24, 2.45) is 0 Å². The summed E-state index contributed by atoms with van der Waals surface area (Å²) in [6.07, 6.45) is 2.12. The van der Waals surface area contributed by atoms with Crippen LogP contribution in [0.5, 0.6) is 0 Å². The number of nitrogens with zero attached hydrogens (tertiary/aromatic N) is 3. The minimum Gasteiger partial charge on any atom is -0.383 e. The number of benzene rings is 1. The summed E-state index contributed by atoms with van der Waals surface area (Å²) in [4.78, 5) is 15.8. The Bertz CT molecular complexity index is 880. The molecule has 0 bridgehead atoms. The fourth-order valence-electron chi connectivity index (χ4n) is 2.62. The molecule has 9 heteroatoms. The summed E-state index contributed by atoms with van der Waals surface area (Å²) >= 11 is 3.29. The number of sulfonamides is 1. The number of rotatable bonds is 3. The normalized spacial score (nSPS) is 19.1. The van der Waals surface area contributed by atoms with E-state index in [0.717, 1.165) is 4.47 Å². The highest BCUT2D eigenvalue weighted by atomic mass is 79.9. The van der Waals surface area contributed by atoms with Gasteiger partial charge >= 0.3 is 5.69 Å². The van der Waals surface area contributed by atoms with Crippen LogP contribution in [0.2, 0.25) is 0 Å². The van der Waals surface area contributed by atoms with Crippen LogP contribution in [0.25, 0.3) is 0 Å². The molecule has 1 aliphatic heterocycles. The Morgan fingerprint density at radius 3 is 2.57 bits per heavy atom. The number of nitrogen functional groups attached to an aromatic ring is 1. The molecule has 0 aliphatic carbocycles. The second-order valence-corrected chi connectivity index (χ2v) is 8.16. The van der Waals surface area contributed by atoms with Gasteiger partial charge in [-0.2, -0.15) is 9.29 Å². The summed E-state index contributed by atoms with van der Waals surface area (Å²) in [5, 5.41) is 0. The van der Waals surface area contributed by atoms with E-state index in [0.29, 0.717) is 13.0 Å². The molecule has 0 radical (unpaired) electrons. The van der Waals surface area contributed by atoms with Crippen LogP contribution in [0.1, 0.15) is 12.5 Å². The van der Waals surface area contributed by atoms with Crippen molar-refractivity contribution in [3.63, 3.8) is 0 Å². The van der Waals surface area contributed by atoms with Crippen LogP contribution in [0.15, 0.2) is 50.7 Å². The van der Waals surface area contributed by atoms with Gasteiger partial charge in [0.2, 0.25) is 10.0 Å². The van der Waals surface area contributed by atoms with Crippen molar-refractivity contribution in [3.05, 3.63) is 51.5 Å². The summed E-state index contributed by atoms with van der Waals surface area (Å²) in [5.74, 6) is 0.156. The molecule has 7 nitrogen and oxygen atoms in total. The van der Waals surface area contributed by atoms with E-state index in [1.807, 2.05) is 0 Å². The maximum atomic E-state index is 12.6. The zero-order chi connectivity index (χ0) is 16.6. The lowest BCUT2D eigenvalue weighted by Gasteiger charge is -2.17. The van der Waals surface area contributed by atoms with Gasteiger partial charge in [-0.1, -0.05) is 15.9 Å². The van der Waals surface area contributed by atoms with Crippen LogP contribution >= 0.6 is 15.9 Å². The van der Waals surface area contributed by atoms with E-state index >= 15 is 0 Å². The average Bonchev–Trinajstić information content (AvgIpc) is 2.98. The molecule has 1 aromatic carbocycles. The molecule has 122 valence electrons. The first-order valence-corrected chi connectivity index (χ1v) is 9.21. The van der Waals surface area contributed by atoms with Crippen LogP contribution in [0, 0.1) is 0 Å². The highest BCUT2D eigenvalue weighted by molar-refractivity contribution is 9.10. The lowest BCUT2D eigenvalue weighted by atomic mass is 10.2. The minimum atomic E-state index is -3.57. The molecule has 0 amide bonds. The first-order chi connectivity index (χ1) is 10.9. The minimum absolute atomic E-state index is 0.156. The monoisotopic (exact) mass is 398 g/mol. The summed E-state index contributed by atoms with van der Waals surface area (Å²) in [7, 11) is -3.57. The van der Waals surface area contributed by atoms with E-state index in [2.05, 4.69) is 20.9 Å². The van der Waals surface area contributed by atoms with Crippen molar-refractivity contribution >= 4 is 31.8 Å². The Hall–Kier alpha value is -1.71. The molecule has 1 saturated heterocycles. The van der Waals surface area contributed by atoms with Crippen molar-refractivity contribution in [1.29, 1.82) is 0 Å². The molecule has 23 heavy (non-hydrogen) atoms. The zero-order valence-electron chi connectivity index (χ0n) is 12.1. The quantitative estimate of drug-likeness (QED) is 0.837. The fraction of sp³-hybridized carbons (Fsp3) is 0.286. The molecular weight excluding hydrogens is 384 g/mol. The smallest absolute Gasteiger partial charge is 0.349 e. The second-order valence-electron chi connectivity index (χ2n) is 5.30. The SMILES string of the molecule is Nc1ccn(C2CCN(S(=O)(=O)c3ccc(Br)cc3)C2)c(=O)n1. The summed E-state index contributed by atoms with van der Waals surface area (Å²) in [6, 6.07) is 7.80. The van der Waals surface area contributed by atoms with Crippen LogP contribution < -0.4 is 11.4 Å². The van der Waals surface area contributed by atoms with E-state index in [1.54, 1.807) is 30.5 Å². The molecule has 2 aromatic rings. The molecule has 1 unspecified atom stereocenters. The molecule has 3 rings (SSSR count). The molecule has 1 aromatic heterocycles. The zero-order valence-corrected chi connectivity index (χ0v) is 14.5. The van der Waals surface area contributed by atoms with E-state index < -0.39 is 15.7 Å². The Morgan fingerprint density at radius 2 is 1.91 bits per heavy atom. The summed E-state index contributed by atoms with van der Waals surface area (Å²) in [5.41, 5.74) is 5.02. The van der Waals surface area contributed by atoms with Crippen molar-refractivity contribution in [3.8, 4) is 0 Å². The summed E-state index contributed by atoms with van der Waals surface area (Å²) in [6.45, 7) is 0.601. The van der Waals surface area contributed by atoms with Gasteiger partial charge in [-0.15, -0.1) is 0 Å². The van der Waals surface area contributed by atoms with Crippen molar-refractivity contribution in [2.75, 3.05) is 18.8 Å². The van der Waals surface area contributed by atoms with Gasteiger partial charge in [0.15, 0.2) is 0 Å². The van der Waals surface area contributed by atoms with Gasteiger partial charge in [-0.3, -0.25) is 4.57 Å². The van der Waals surface area contributed by atoms with E-state index in [-0.39, 0.29) is 23.3 Å². The highest BCUT2D eigenvalue weighted by Crippen LogP contribution is 2.27. The first-order valence-electron chi connectivity index (χ1n) is 6.98. The average molecular weight is 399 g/mol. The first kappa shape index (κ1) is 16.2. The molecule has 1 fully saturated rings. The predicted molar refractivity (Wildman–Crippen MR) is 89.5 cm³/mol. The Balaban J connectivity index is 1.84. The van der Waals surface area contributed by atoms with Crippen molar-refractivity contribution in [2.45, 2.75) is 17.4 Å². The molecule has 2 N–H and O–H groups in total. The topological polar surface area (TPSA) is 98.3 Å². The predicted octanol–water partition coefficient (Wildman–Crippen LogP) is 1.22. The van der Waals surface area contributed by atoms with Crippen LogP contribution in [-0.4, -0.2) is 35.4 Å². The maximum absolute atomic E-state index is 12.6. The number of aromatic nitrogens is 2. The van der Waals surface area contributed by atoms with Crippen LogP contribution in [0.3, 0.4) is 0 Å². The fourth-order valence-corrected chi connectivity index (χ4v) is 4.37. The Morgan fingerprint density at radius 1 is 1.22 bits per heavy atom. The Kier molecular flexibility index (Phi) is 4.26. The van der Waals surface area contributed by atoms with Crippen LogP contribution in [-0.2, 0) is 10.0 Å². The Labute approximate surface area is 141 Å². The van der Waals surface area contributed by atoms with Gasteiger partial charge in [-0.05, 0) is 36.8 Å². The third-order valence-electron chi connectivity index (χ3n) is 3.82. The third-order valence-corrected chi connectivity index (χ3v) is 6.23. The van der Waals surface area contributed by atoms with Gasteiger partial charge < -0.3 is 5.73 Å². The van der Waals surface area contributed by atoms with E-state index in [1.165, 1.54) is 14.9 Å². The number of hydrogen-bond donors (Lipinski definition) is 1. The maximum Gasteiger partial charge on any atom is 0.349 e. The molecular formula is C14H15BrN4O3S. The van der Waals surface area contributed by atoms with E-state index in [9.17, 15) is 13.2 Å². The van der Waals surface area contributed by atoms with Gasteiger partial charge in [0.1, 0.15) is 5.82 Å². The van der Waals surface area contributed by atoms with Gasteiger partial charge in [0, 0.05) is 23.8 Å². The number of halogens is 1. The van der Waals surface area contributed by atoms with Gasteiger partial charge in [0.05, 0.1) is 10.9 Å². The number of anilines is 1. The lowest BCUT2D eigenvalue weighted by Crippen LogP contribution is -2.32. The van der Waals surface area contributed by atoms with E-state index in [4.69, 9.17) is 5.73 Å². The highest BCUT2D eigenvalue weighted by Gasteiger charge is 2.33. The molecule has 1 aliphatic rings. The number of nitrogens with two attached hydrogens (primary N) is 1. The second kappa shape index (κ2) is 6.06. The van der Waals surface area contributed by atoms with Gasteiger partial charge in [-0.25, -0.2) is 13.2 Å². The largest absolute Gasteiger partial charge is 0.383 e. The number of hydrogen-bond acceptors (Lipinski definition) is 5. The van der Waals surface area contributed by atoms with Gasteiger partial charge in [0.25, 0.3) is 0 Å². The molecule has 2 heterocycles. The molecule has 0 saturated carbocycles. The van der Waals surface area contributed by atoms with Crippen LogP contribution in [0.4, 0.5) is 5.82 Å². The molecule has 1 atom stereocenters. The molecule has 0 spiro atoms. The van der Waals surface area contributed by atoms with Crippen molar-refractivity contribution in [1.82, 2.24) is 13.9 Å². The lowest BCUT2D eigenvalue weighted by molar-refractivity contribution is 0.445. The van der Waals surface area contributed by atoms with Crippen molar-refractivity contribution < 1.29 is 8.42 Å². The standard InChI is InChI=1S/C14H15BrN4O3S/c15-10-1-3-12(4-2-10)23(21,22)18-7-5-11(9-18)19-8-6-13(16)17-14(19)20/h1-4,6,8,11H,5,7,9H2,(H2,16,17,20). The summed E-state index contributed by atoms with van der Waals surface area (Å²) < 4.78 is 28.9.